The van der Waals surface area contributed by atoms with E-state index in [9.17, 15) is 0 Å². The summed E-state index contributed by atoms with van der Waals surface area (Å²) in [6, 6.07) is 12.3. The number of aliphatic imine (C=N–C) groups is 6. The number of nitrogens with zero attached hydrogens (tertiary/aromatic N) is 6. The van der Waals surface area contributed by atoms with Crippen molar-refractivity contribution in [2.45, 2.75) is 153 Å². The van der Waals surface area contributed by atoms with Crippen LogP contribution in [0.2, 0.25) is 0 Å². The first kappa shape index (κ1) is 48.4. The molecule has 3 aromatic rings. The van der Waals surface area contributed by atoms with Gasteiger partial charge in [0.1, 0.15) is 34.5 Å². The normalized spacial score (nSPS) is 23.2. The van der Waals surface area contributed by atoms with Crippen LogP contribution < -0.4 is 28.4 Å². The minimum Gasteiger partial charge on any atom is -0.496 e. The second kappa shape index (κ2) is 24.8. The van der Waals surface area contributed by atoms with Gasteiger partial charge in [0.2, 0.25) is 0 Å². The third kappa shape index (κ3) is 12.7. The summed E-state index contributed by atoms with van der Waals surface area (Å²) >= 11 is 0. The fourth-order valence-electron chi connectivity index (χ4n) is 9.30. The molecule has 354 valence electrons. The van der Waals surface area contributed by atoms with Crippen molar-refractivity contribution >= 4 is 37.3 Å². The number of hydrogen-bond acceptors (Lipinski definition) is 12. The van der Waals surface area contributed by atoms with Crippen LogP contribution in [-0.4, -0.2) is 115 Å². The summed E-state index contributed by atoms with van der Waals surface area (Å²) in [4.78, 5) is 31.2. The summed E-state index contributed by atoms with van der Waals surface area (Å²) in [5.41, 5.74) is 5.19. The summed E-state index contributed by atoms with van der Waals surface area (Å²) in [7, 11) is 5.11. The summed E-state index contributed by atoms with van der Waals surface area (Å²) in [5, 5.41) is 0. The van der Waals surface area contributed by atoms with Crippen LogP contribution in [0.15, 0.2) is 66.4 Å². The Kier molecular flexibility index (Phi) is 18.2. The molecule has 12 nitrogen and oxygen atoms in total. The molecule has 3 aromatic carbocycles. The van der Waals surface area contributed by atoms with E-state index in [0.717, 1.165) is 147 Å². The first-order chi connectivity index (χ1) is 32.4. The molecule has 6 aliphatic heterocycles. The monoisotopic (exact) mass is 901 g/mol. The fraction of sp³-hybridized carbons (Fsp3) is 0.556. The maximum atomic E-state index is 6.38. The lowest BCUT2D eigenvalue weighted by atomic mass is 9.91. The van der Waals surface area contributed by atoms with Gasteiger partial charge in [-0.15, -0.1) is 0 Å². The molecule has 6 heterocycles. The summed E-state index contributed by atoms with van der Waals surface area (Å²) in [5.74, 6) is 4.41. The Bertz CT molecular complexity index is 1990. The molecule has 3 saturated carbocycles. The third-order valence-electron chi connectivity index (χ3n) is 13.0. The zero-order valence-corrected chi connectivity index (χ0v) is 40.3. The van der Waals surface area contributed by atoms with Crippen molar-refractivity contribution in [3.05, 3.63) is 69.8 Å². The van der Waals surface area contributed by atoms with Crippen molar-refractivity contribution < 1.29 is 28.4 Å². The lowest BCUT2D eigenvalue weighted by molar-refractivity contribution is 0.316. The smallest absolute Gasteiger partial charge is 0.128 e. The van der Waals surface area contributed by atoms with E-state index in [2.05, 4.69) is 20.8 Å². The maximum Gasteiger partial charge on any atom is 0.128 e. The molecule has 6 bridgehead atoms. The Morgan fingerprint density at radius 2 is 0.530 bits per heavy atom. The van der Waals surface area contributed by atoms with Gasteiger partial charge in [-0.3, -0.25) is 30.0 Å². The first-order valence-electron chi connectivity index (χ1n) is 24.7. The van der Waals surface area contributed by atoms with Crippen LogP contribution in [0.5, 0.6) is 34.5 Å². The van der Waals surface area contributed by atoms with Gasteiger partial charge in [-0.25, -0.2) is 0 Å². The quantitative estimate of drug-likeness (QED) is 0.178. The van der Waals surface area contributed by atoms with Gasteiger partial charge >= 0.3 is 0 Å². The Labute approximate surface area is 393 Å². The Balaban J connectivity index is 1.33. The number of ether oxygens (including phenoxy) is 6. The minimum absolute atomic E-state index is 0.0117. The van der Waals surface area contributed by atoms with Crippen molar-refractivity contribution in [3.8, 4) is 34.5 Å². The Hall–Kier alpha value is -5.52. The van der Waals surface area contributed by atoms with E-state index in [4.69, 9.17) is 58.4 Å². The fourth-order valence-corrected chi connectivity index (χ4v) is 9.30. The third-order valence-corrected chi connectivity index (χ3v) is 13.0. The highest BCUT2D eigenvalue weighted by Crippen LogP contribution is 2.34. The van der Waals surface area contributed by atoms with Crippen LogP contribution in [0.25, 0.3) is 0 Å². The lowest BCUT2D eigenvalue weighted by Gasteiger charge is -2.26. The molecule has 0 saturated heterocycles. The van der Waals surface area contributed by atoms with Crippen molar-refractivity contribution in [2.24, 2.45) is 30.0 Å². The average Bonchev–Trinajstić information content (AvgIpc) is 3.35. The van der Waals surface area contributed by atoms with Gasteiger partial charge in [-0.2, -0.15) is 0 Å². The molecule has 3 fully saturated rings. The summed E-state index contributed by atoms with van der Waals surface area (Å²) in [6.45, 7) is 8.09. The molecular formula is C54H72N6O6. The molecule has 0 N–H and O–H groups in total. The Morgan fingerprint density at radius 3 is 0.727 bits per heavy atom. The van der Waals surface area contributed by atoms with E-state index < -0.39 is 0 Å². The number of hydrogen-bond donors (Lipinski definition) is 0. The van der Waals surface area contributed by atoms with E-state index in [-0.39, 0.29) is 36.3 Å². The molecule has 9 aliphatic rings. The molecule has 12 rings (SSSR count). The predicted octanol–water partition coefficient (Wildman–Crippen LogP) is 10.9. The van der Waals surface area contributed by atoms with Crippen molar-refractivity contribution in [3.63, 3.8) is 0 Å². The number of benzene rings is 3. The van der Waals surface area contributed by atoms with Crippen LogP contribution in [0.1, 0.15) is 150 Å². The standard InChI is InChI=1S/C54H72N6O6/c1-7-22-64-52-28-37-31-55-44-17-11-14-20-47(44)59-35-41-26-51(63-6)39(30-54(41)66-24-9-3)33-57-45-18-12-15-21-48(45)60-36-42-27-50(62-5)38(29-53(42)65-23-8-2)32-56-43-16-10-13-19-46(43)58-34-40(52)25-49(37)61-4/h25-36,43-48H,7-24H2,1-6H3/t43-,44-,45-,46-,47-,48-/m1/s1. The van der Waals surface area contributed by atoms with Crippen LogP contribution in [0, 0.1) is 0 Å². The van der Waals surface area contributed by atoms with E-state index in [1.54, 1.807) is 21.3 Å². The Morgan fingerprint density at radius 1 is 0.333 bits per heavy atom. The topological polar surface area (TPSA) is 130 Å². The van der Waals surface area contributed by atoms with Crippen LogP contribution in [0.3, 0.4) is 0 Å². The molecule has 6 atom stereocenters. The van der Waals surface area contributed by atoms with Gasteiger partial charge in [0.05, 0.1) is 77.4 Å². The maximum absolute atomic E-state index is 6.38. The lowest BCUT2D eigenvalue weighted by Crippen LogP contribution is -2.27. The van der Waals surface area contributed by atoms with E-state index in [1.807, 2.05) is 73.7 Å². The molecule has 0 aromatic heterocycles. The zero-order chi connectivity index (χ0) is 46.1. The van der Waals surface area contributed by atoms with Gasteiger partial charge in [0, 0.05) is 70.7 Å². The highest BCUT2D eigenvalue weighted by atomic mass is 16.5. The summed E-state index contributed by atoms with van der Waals surface area (Å²) in [6.07, 6.45) is 26.6. The van der Waals surface area contributed by atoms with Gasteiger partial charge in [0.25, 0.3) is 0 Å². The van der Waals surface area contributed by atoms with E-state index >= 15 is 0 Å². The number of methoxy groups -OCH3 is 3. The summed E-state index contributed by atoms with van der Waals surface area (Å²) < 4.78 is 37.1. The van der Waals surface area contributed by atoms with Crippen LogP contribution in [-0.2, 0) is 0 Å². The van der Waals surface area contributed by atoms with Crippen molar-refractivity contribution in [2.75, 3.05) is 41.2 Å². The largest absolute Gasteiger partial charge is 0.496 e. The number of rotatable bonds is 12. The molecule has 3 aliphatic carbocycles. The predicted molar refractivity (Wildman–Crippen MR) is 270 cm³/mol. The van der Waals surface area contributed by atoms with Gasteiger partial charge in [-0.1, -0.05) is 59.3 Å². The van der Waals surface area contributed by atoms with Gasteiger partial charge in [-0.05, 0) is 94.2 Å². The second-order valence-corrected chi connectivity index (χ2v) is 17.9. The molecule has 0 spiro atoms. The van der Waals surface area contributed by atoms with Crippen LogP contribution >= 0.6 is 0 Å². The average molecular weight is 901 g/mol. The van der Waals surface area contributed by atoms with Crippen LogP contribution in [0.4, 0.5) is 0 Å². The molecule has 0 unspecified atom stereocenters. The van der Waals surface area contributed by atoms with Crippen molar-refractivity contribution in [1.82, 2.24) is 0 Å². The second-order valence-electron chi connectivity index (χ2n) is 17.9. The highest BCUT2D eigenvalue weighted by molar-refractivity contribution is 5.93. The first-order valence-corrected chi connectivity index (χ1v) is 24.7. The van der Waals surface area contributed by atoms with Gasteiger partial charge < -0.3 is 28.4 Å². The molecule has 0 amide bonds. The molecule has 0 radical (unpaired) electrons. The molecule has 66 heavy (non-hydrogen) atoms. The van der Waals surface area contributed by atoms with Gasteiger partial charge in [0.15, 0.2) is 0 Å². The highest BCUT2D eigenvalue weighted by Gasteiger charge is 2.27. The minimum atomic E-state index is 0.0117. The van der Waals surface area contributed by atoms with Crippen molar-refractivity contribution in [1.29, 1.82) is 0 Å². The SMILES string of the molecule is CCCOc1cc2c(OC)cc1C=N[C@@H]1CCCC[C@H]1N=Cc1cc(OCCC)c(cc1OC)C=N[C@@H]1CCCC[C@H]1N=Cc1cc(OCCC)c(cc1OC)C=N[C@@H]1CCCC[C@H]1N=C2. The zero-order valence-electron chi connectivity index (χ0n) is 40.3. The molecular weight excluding hydrogens is 829 g/mol. The molecule has 12 heteroatoms. The van der Waals surface area contributed by atoms with E-state index in [0.29, 0.717) is 37.1 Å². The van der Waals surface area contributed by atoms with E-state index in [1.165, 1.54) is 0 Å².